The fourth-order valence-electron chi connectivity index (χ4n) is 1.87. The highest BCUT2D eigenvalue weighted by molar-refractivity contribution is 5.14. The highest BCUT2D eigenvalue weighted by atomic mass is 16.5. The molecule has 1 aromatic heterocycles. The maximum absolute atomic E-state index is 5.70. The Bertz CT molecular complexity index is 305. The molecule has 1 fully saturated rings. The molecular formula is C11H19N3O. The lowest BCUT2D eigenvalue weighted by molar-refractivity contribution is 0.0123. The van der Waals surface area contributed by atoms with E-state index in [4.69, 9.17) is 4.74 Å². The molecule has 1 saturated heterocycles. The molecule has 0 radical (unpaired) electrons. The number of H-pyrrole nitrogens is 1. The zero-order chi connectivity index (χ0) is 10.7. The molecule has 0 aromatic carbocycles. The van der Waals surface area contributed by atoms with Gasteiger partial charge < -0.3 is 10.1 Å². The quantitative estimate of drug-likeness (QED) is 0.799. The van der Waals surface area contributed by atoms with Crippen molar-refractivity contribution >= 4 is 0 Å². The molecule has 15 heavy (non-hydrogen) atoms. The Balaban J connectivity index is 2.05. The first-order chi connectivity index (χ1) is 7.31. The second-order valence-electron chi connectivity index (χ2n) is 4.11. The summed E-state index contributed by atoms with van der Waals surface area (Å²) in [5.41, 5.74) is 2.17. The van der Waals surface area contributed by atoms with Gasteiger partial charge in [-0.3, -0.25) is 5.10 Å². The number of rotatable bonds is 3. The standard InChI is InChI=1S/C11H19N3O/c1-8(12-2)9-7-10(14-13-9)11-5-3-4-6-15-11/h7-8,11-12H,3-6H2,1-2H3,(H,13,14). The summed E-state index contributed by atoms with van der Waals surface area (Å²) in [7, 11) is 1.94. The third-order valence-electron chi connectivity index (χ3n) is 3.02. The van der Waals surface area contributed by atoms with Crippen LogP contribution in [-0.4, -0.2) is 23.9 Å². The number of hydrogen-bond donors (Lipinski definition) is 2. The first-order valence-electron chi connectivity index (χ1n) is 5.65. The fraction of sp³-hybridized carbons (Fsp3) is 0.727. The minimum Gasteiger partial charge on any atom is -0.372 e. The monoisotopic (exact) mass is 209 g/mol. The van der Waals surface area contributed by atoms with Gasteiger partial charge in [-0.25, -0.2) is 0 Å². The summed E-state index contributed by atoms with van der Waals surface area (Å²) in [6, 6.07) is 2.40. The summed E-state index contributed by atoms with van der Waals surface area (Å²) in [5, 5.41) is 10.5. The van der Waals surface area contributed by atoms with Crippen molar-refractivity contribution in [1.29, 1.82) is 0 Å². The molecule has 4 nitrogen and oxygen atoms in total. The normalized spacial score (nSPS) is 24.0. The Morgan fingerprint density at radius 2 is 2.47 bits per heavy atom. The Hall–Kier alpha value is -0.870. The Kier molecular flexibility index (Phi) is 3.38. The number of nitrogens with one attached hydrogen (secondary N) is 2. The van der Waals surface area contributed by atoms with Gasteiger partial charge >= 0.3 is 0 Å². The topological polar surface area (TPSA) is 49.9 Å². The van der Waals surface area contributed by atoms with Crippen LogP contribution in [0.3, 0.4) is 0 Å². The van der Waals surface area contributed by atoms with Crippen LogP contribution in [0.4, 0.5) is 0 Å². The van der Waals surface area contributed by atoms with E-state index < -0.39 is 0 Å². The summed E-state index contributed by atoms with van der Waals surface area (Å²) >= 11 is 0. The van der Waals surface area contributed by atoms with Gasteiger partial charge in [0.1, 0.15) is 0 Å². The molecule has 1 aromatic rings. The van der Waals surface area contributed by atoms with Gasteiger partial charge in [-0.15, -0.1) is 0 Å². The van der Waals surface area contributed by atoms with Crippen molar-refractivity contribution in [3.05, 3.63) is 17.5 Å². The lowest BCUT2D eigenvalue weighted by atomic mass is 10.1. The Labute approximate surface area is 90.4 Å². The minimum atomic E-state index is 0.226. The van der Waals surface area contributed by atoms with E-state index in [2.05, 4.69) is 28.5 Å². The molecule has 0 amide bonds. The first-order valence-corrected chi connectivity index (χ1v) is 5.65. The van der Waals surface area contributed by atoms with Crippen LogP contribution in [0.25, 0.3) is 0 Å². The van der Waals surface area contributed by atoms with E-state index in [1.165, 1.54) is 12.8 Å². The molecule has 4 heteroatoms. The van der Waals surface area contributed by atoms with Crippen molar-refractivity contribution < 1.29 is 4.74 Å². The molecule has 0 spiro atoms. The van der Waals surface area contributed by atoms with Gasteiger partial charge in [0.25, 0.3) is 0 Å². The number of ether oxygens (including phenoxy) is 1. The molecular weight excluding hydrogens is 190 g/mol. The smallest absolute Gasteiger partial charge is 0.0988 e. The largest absolute Gasteiger partial charge is 0.372 e. The second-order valence-corrected chi connectivity index (χ2v) is 4.11. The lowest BCUT2D eigenvalue weighted by Gasteiger charge is -2.20. The molecule has 84 valence electrons. The zero-order valence-corrected chi connectivity index (χ0v) is 9.42. The van der Waals surface area contributed by atoms with Crippen molar-refractivity contribution in [1.82, 2.24) is 15.5 Å². The number of nitrogens with zero attached hydrogens (tertiary/aromatic N) is 1. The third-order valence-corrected chi connectivity index (χ3v) is 3.02. The average Bonchev–Trinajstić information content (AvgIpc) is 2.78. The van der Waals surface area contributed by atoms with Crippen molar-refractivity contribution in [3.8, 4) is 0 Å². The van der Waals surface area contributed by atoms with Crippen molar-refractivity contribution in [3.63, 3.8) is 0 Å². The highest BCUT2D eigenvalue weighted by Gasteiger charge is 2.19. The third kappa shape index (κ3) is 2.38. The molecule has 2 atom stereocenters. The van der Waals surface area contributed by atoms with Gasteiger partial charge in [-0.05, 0) is 39.3 Å². The van der Waals surface area contributed by atoms with E-state index in [0.717, 1.165) is 24.4 Å². The molecule has 2 rings (SSSR count). The maximum Gasteiger partial charge on any atom is 0.0988 e. The molecule has 0 bridgehead atoms. The Morgan fingerprint density at radius 1 is 1.60 bits per heavy atom. The van der Waals surface area contributed by atoms with Gasteiger partial charge in [0.2, 0.25) is 0 Å². The van der Waals surface area contributed by atoms with Crippen LogP contribution >= 0.6 is 0 Å². The SMILES string of the molecule is CNC(C)c1cc(C2CCCCO2)[nH]n1. The molecule has 0 saturated carbocycles. The van der Waals surface area contributed by atoms with Crippen LogP contribution in [0, 0.1) is 0 Å². The minimum absolute atomic E-state index is 0.226. The highest BCUT2D eigenvalue weighted by Crippen LogP contribution is 2.27. The van der Waals surface area contributed by atoms with Crippen molar-refractivity contribution in [2.24, 2.45) is 0 Å². The van der Waals surface area contributed by atoms with E-state index in [0.29, 0.717) is 6.04 Å². The summed E-state index contributed by atoms with van der Waals surface area (Å²) in [6.45, 7) is 2.97. The van der Waals surface area contributed by atoms with Gasteiger partial charge in [-0.1, -0.05) is 0 Å². The number of aromatic amines is 1. The molecule has 2 N–H and O–H groups in total. The van der Waals surface area contributed by atoms with Gasteiger partial charge in [0, 0.05) is 12.6 Å². The number of aromatic nitrogens is 2. The van der Waals surface area contributed by atoms with E-state index in [1.54, 1.807) is 0 Å². The molecule has 0 aliphatic carbocycles. The van der Waals surface area contributed by atoms with Gasteiger partial charge in [-0.2, -0.15) is 5.10 Å². The van der Waals surface area contributed by atoms with Crippen molar-refractivity contribution in [2.45, 2.75) is 38.3 Å². The summed E-state index contributed by atoms with van der Waals surface area (Å²) in [6.07, 6.45) is 3.77. The fourth-order valence-corrected chi connectivity index (χ4v) is 1.87. The molecule has 1 aliphatic heterocycles. The van der Waals surface area contributed by atoms with Crippen LogP contribution in [0.15, 0.2) is 6.07 Å². The number of hydrogen-bond acceptors (Lipinski definition) is 3. The first kappa shape index (κ1) is 10.6. The van der Waals surface area contributed by atoms with Crippen LogP contribution in [0.5, 0.6) is 0 Å². The summed E-state index contributed by atoms with van der Waals surface area (Å²) in [5.74, 6) is 0. The van der Waals surface area contributed by atoms with Crippen LogP contribution in [-0.2, 0) is 4.74 Å². The lowest BCUT2D eigenvalue weighted by Crippen LogP contribution is -2.13. The van der Waals surface area contributed by atoms with Crippen LogP contribution in [0.1, 0.15) is 49.7 Å². The second kappa shape index (κ2) is 4.77. The molecule has 1 aliphatic rings. The van der Waals surface area contributed by atoms with E-state index >= 15 is 0 Å². The van der Waals surface area contributed by atoms with Crippen LogP contribution in [0.2, 0.25) is 0 Å². The van der Waals surface area contributed by atoms with Crippen LogP contribution < -0.4 is 5.32 Å². The predicted molar refractivity (Wildman–Crippen MR) is 58.6 cm³/mol. The predicted octanol–water partition coefficient (Wildman–Crippen LogP) is 1.93. The van der Waals surface area contributed by atoms with E-state index in [1.807, 2.05) is 7.05 Å². The molecule has 2 unspecified atom stereocenters. The van der Waals surface area contributed by atoms with Gasteiger partial charge in [0.15, 0.2) is 0 Å². The van der Waals surface area contributed by atoms with Crippen molar-refractivity contribution in [2.75, 3.05) is 13.7 Å². The van der Waals surface area contributed by atoms with E-state index in [-0.39, 0.29) is 6.10 Å². The van der Waals surface area contributed by atoms with Gasteiger partial charge in [0.05, 0.1) is 17.5 Å². The average molecular weight is 209 g/mol. The maximum atomic E-state index is 5.70. The Morgan fingerprint density at radius 3 is 3.13 bits per heavy atom. The van der Waals surface area contributed by atoms with E-state index in [9.17, 15) is 0 Å². The zero-order valence-electron chi connectivity index (χ0n) is 9.42. The summed E-state index contributed by atoms with van der Waals surface area (Å²) in [4.78, 5) is 0. The molecule has 2 heterocycles. The summed E-state index contributed by atoms with van der Waals surface area (Å²) < 4.78 is 5.70.